The quantitative estimate of drug-likeness (QED) is 0.696. The van der Waals surface area contributed by atoms with Crippen LogP contribution in [0, 0.1) is 11.6 Å². The molecule has 1 N–H and O–H groups in total. The number of hydrogen-bond donors (Lipinski definition) is 1. The molecule has 0 atom stereocenters. The minimum atomic E-state index is -0.350. The van der Waals surface area contributed by atoms with E-state index < -0.39 is 0 Å². The fourth-order valence-corrected chi connectivity index (χ4v) is 3.80. The van der Waals surface area contributed by atoms with Crippen LogP contribution in [0.4, 0.5) is 26.1 Å². The molecule has 2 aliphatic rings. The molecular weight excluding hydrogens is 390 g/mol. The first kappa shape index (κ1) is 19.0. The SMILES string of the molecule is Fc1cc(Nc2ncn(-c3cccc(F)c3)n2)cc(N2CCN(C3COC3)CC2)c1. The molecule has 3 heterocycles. The van der Waals surface area contributed by atoms with E-state index in [4.69, 9.17) is 4.74 Å². The van der Waals surface area contributed by atoms with E-state index in [1.165, 1.54) is 29.2 Å². The molecule has 0 amide bonds. The van der Waals surface area contributed by atoms with E-state index in [9.17, 15) is 8.78 Å². The van der Waals surface area contributed by atoms with Crippen molar-refractivity contribution in [2.24, 2.45) is 0 Å². The Bertz CT molecular complexity index is 1030. The zero-order chi connectivity index (χ0) is 20.5. The lowest BCUT2D eigenvalue weighted by Gasteiger charge is -2.43. The number of aromatic nitrogens is 3. The molecule has 1 aromatic heterocycles. The van der Waals surface area contributed by atoms with Gasteiger partial charge in [0.1, 0.15) is 18.0 Å². The summed E-state index contributed by atoms with van der Waals surface area (Å²) in [6.45, 7) is 5.17. The van der Waals surface area contributed by atoms with Crippen molar-refractivity contribution in [3.8, 4) is 5.69 Å². The number of benzene rings is 2. The third-order valence-corrected chi connectivity index (χ3v) is 5.52. The summed E-state index contributed by atoms with van der Waals surface area (Å²) in [5, 5.41) is 7.35. The summed E-state index contributed by atoms with van der Waals surface area (Å²) in [7, 11) is 0. The van der Waals surface area contributed by atoms with Crippen molar-refractivity contribution < 1.29 is 13.5 Å². The van der Waals surface area contributed by atoms with E-state index in [-0.39, 0.29) is 11.6 Å². The molecule has 2 aliphatic heterocycles. The molecule has 7 nitrogen and oxygen atoms in total. The number of ether oxygens (including phenoxy) is 1. The van der Waals surface area contributed by atoms with Crippen LogP contribution < -0.4 is 10.2 Å². The third-order valence-electron chi connectivity index (χ3n) is 5.52. The molecular formula is C21H22F2N6O. The Morgan fingerprint density at radius 1 is 0.933 bits per heavy atom. The zero-order valence-electron chi connectivity index (χ0n) is 16.3. The van der Waals surface area contributed by atoms with Gasteiger partial charge in [-0.1, -0.05) is 6.07 Å². The lowest BCUT2D eigenvalue weighted by atomic mass is 10.1. The van der Waals surface area contributed by atoms with E-state index in [0.29, 0.717) is 23.4 Å². The van der Waals surface area contributed by atoms with Gasteiger partial charge in [0.05, 0.1) is 24.9 Å². The average Bonchev–Trinajstić information content (AvgIpc) is 3.15. The summed E-state index contributed by atoms with van der Waals surface area (Å²) >= 11 is 0. The maximum absolute atomic E-state index is 14.3. The van der Waals surface area contributed by atoms with Gasteiger partial charge in [-0.3, -0.25) is 4.90 Å². The standard InChI is InChI=1S/C21H22F2N6O/c22-15-2-1-3-18(9-15)29-14-24-21(26-29)25-17-8-16(23)10-19(11-17)27-4-6-28(7-5-27)20-12-30-13-20/h1-3,8-11,14,20H,4-7,12-13H2,(H,25,26). The zero-order valence-corrected chi connectivity index (χ0v) is 16.3. The molecule has 0 saturated carbocycles. The molecule has 2 fully saturated rings. The predicted molar refractivity (Wildman–Crippen MR) is 109 cm³/mol. The van der Waals surface area contributed by atoms with Crippen LogP contribution in [0.25, 0.3) is 5.69 Å². The van der Waals surface area contributed by atoms with Gasteiger partial charge >= 0.3 is 0 Å². The summed E-state index contributed by atoms with van der Waals surface area (Å²) in [4.78, 5) is 8.81. The average molecular weight is 412 g/mol. The summed E-state index contributed by atoms with van der Waals surface area (Å²) in [5.41, 5.74) is 1.95. The highest BCUT2D eigenvalue weighted by Crippen LogP contribution is 2.25. The molecule has 0 radical (unpaired) electrons. The molecule has 5 rings (SSSR count). The predicted octanol–water partition coefficient (Wildman–Crippen LogP) is 2.81. The highest BCUT2D eigenvalue weighted by molar-refractivity contribution is 5.62. The van der Waals surface area contributed by atoms with Crippen LogP contribution in [-0.4, -0.2) is 65.1 Å². The molecule has 156 valence electrons. The number of rotatable bonds is 5. The number of nitrogens with one attached hydrogen (secondary N) is 1. The van der Waals surface area contributed by atoms with Crippen LogP contribution in [0.5, 0.6) is 0 Å². The topological polar surface area (TPSA) is 58.5 Å². The molecule has 0 spiro atoms. The van der Waals surface area contributed by atoms with Crippen molar-refractivity contribution in [3.05, 3.63) is 60.4 Å². The monoisotopic (exact) mass is 412 g/mol. The Labute approximate surface area is 172 Å². The van der Waals surface area contributed by atoms with Gasteiger partial charge in [0, 0.05) is 37.6 Å². The van der Waals surface area contributed by atoms with Crippen molar-refractivity contribution in [2.75, 3.05) is 49.6 Å². The minimum absolute atomic E-state index is 0.311. The molecule has 0 unspecified atom stereocenters. The van der Waals surface area contributed by atoms with Crippen molar-refractivity contribution in [3.63, 3.8) is 0 Å². The number of anilines is 3. The molecule has 0 bridgehead atoms. The minimum Gasteiger partial charge on any atom is -0.378 e. The van der Waals surface area contributed by atoms with Crippen LogP contribution in [0.3, 0.4) is 0 Å². The summed E-state index contributed by atoms with van der Waals surface area (Å²) in [5.74, 6) is -0.364. The molecule has 2 aromatic carbocycles. The van der Waals surface area contributed by atoms with Crippen molar-refractivity contribution in [1.29, 1.82) is 0 Å². The Balaban J connectivity index is 1.28. The summed E-state index contributed by atoms with van der Waals surface area (Å²) in [6.07, 6.45) is 1.49. The fraction of sp³-hybridized carbons (Fsp3) is 0.333. The third kappa shape index (κ3) is 3.99. The van der Waals surface area contributed by atoms with Gasteiger partial charge in [-0.2, -0.15) is 4.98 Å². The van der Waals surface area contributed by atoms with E-state index >= 15 is 0 Å². The number of piperazine rings is 1. The molecule has 2 saturated heterocycles. The second-order valence-electron chi connectivity index (χ2n) is 7.53. The second-order valence-corrected chi connectivity index (χ2v) is 7.53. The van der Waals surface area contributed by atoms with E-state index in [1.807, 2.05) is 6.07 Å². The van der Waals surface area contributed by atoms with Gasteiger partial charge in [0.2, 0.25) is 5.95 Å². The van der Waals surface area contributed by atoms with Crippen molar-refractivity contribution in [1.82, 2.24) is 19.7 Å². The Kier molecular flexibility index (Phi) is 5.06. The van der Waals surface area contributed by atoms with Crippen LogP contribution in [0.1, 0.15) is 0 Å². The van der Waals surface area contributed by atoms with Gasteiger partial charge in [0.15, 0.2) is 0 Å². The molecule has 9 heteroatoms. The normalized spacial score (nSPS) is 17.7. The maximum Gasteiger partial charge on any atom is 0.246 e. The molecule has 3 aromatic rings. The van der Waals surface area contributed by atoms with Crippen LogP contribution in [-0.2, 0) is 4.74 Å². The number of hydrogen-bond acceptors (Lipinski definition) is 6. The first-order valence-electron chi connectivity index (χ1n) is 9.96. The maximum atomic E-state index is 14.3. The fourth-order valence-electron chi connectivity index (χ4n) is 3.80. The van der Waals surface area contributed by atoms with Crippen molar-refractivity contribution in [2.45, 2.75) is 6.04 Å². The highest BCUT2D eigenvalue weighted by Gasteiger charge is 2.29. The van der Waals surface area contributed by atoms with Gasteiger partial charge in [-0.05, 0) is 36.4 Å². The first-order valence-corrected chi connectivity index (χ1v) is 9.96. The van der Waals surface area contributed by atoms with E-state index in [0.717, 1.165) is 45.1 Å². The number of halogens is 2. The van der Waals surface area contributed by atoms with Gasteiger partial charge in [0.25, 0.3) is 0 Å². The van der Waals surface area contributed by atoms with Gasteiger partial charge < -0.3 is 15.0 Å². The van der Waals surface area contributed by atoms with Crippen LogP contribution in [0.2, 0.25) is 0 Å². The lowest BCUT2D eigenvalue weighted by Crippen LogP contribution is -2.56. The van der Waals surface area contributed by atoms with Gasteiger partial charge in [-0.15, -0.1) is 5.10 Å². The van der Waals surface area contributed by atoms with Crippen LogP contribution >= 0.6 is 0 Å². The molecule has 0 aliphatic carbocycles. The lowest BCUT2D eigenvalue weighted by molar-refractivity contribution is -0.0660. The van der Waals surface area contributed by atoms with E-state index in [1.54, 1.807) is 18.2 Å². The van der Waals surface area contributed by atoms with E-state index in [2.05, 4.69) is 25.2 Å². The Morgan fingerprint density at radius 2 is 1.73 bits per heavy atom. The molecule has 30 heavy (non-hydrogen) atoms. The van der Waals surface area contributed by atoms with Crippen molar-refractivity contribution >= 4 is 17.3 Å². The first-order chi connectivity index (χ1) is 14.6. The largest absolute Gasteiger partial charge is 0.378 e. The van der Waals surface area contributed by atoms with Crippen LogP contribution in [0.15, 0.2) is 48.8 Å². The summed E-state index contributed by atoms with van der Waals surface area (Å²) in [6, 6.07) is 11.5. The smallest absolute Gasteiger partial charge is 0.246 e. The number of nitrogens with zero attached hydrogens (tertiary/aromatic N) is 5. The second kappa shape index (κ2) is 8.00. The Hall–Kier alpha value is -3.04. The summed E-state index contributed by atoms with van der Waals surface area (Å²) < 4.78 is 34.5. The Morgan fingerprint density at radius 3 is 2.47 bits per heavy atom. The highest BCUT2D eigenvalue weighted by atomic mass is 19.1. The van der Waals surface area contributed by atoms with Gasteiger partial charge in [-0.25, -0.2) is 13.5 Å².